The third-order valence-electron chi connectivity index (χ3n) is 4.31. The number of carbonyl (C=O) groups excluding carboxylic acids is 1. The van der Waals surface area contributed by atoms with Crippen molar-refractivity contribution in [3.8, 4) is 0 Å². The van der Waals surface area contributed by atoms with Gasteiger partial charge in [0.2, 0.25) is 0 Å². The minimum absolute atomic E-state index is 0.0209. The normalized spacial score (nSPS) is 15.3. The number of carbonyl (C=O) groups is 1. The Morgan fingerprint density at radius 3 is 2.54 bits per heavy atom. The van der Waals surface area contributed by atoms with Crippen molar-refractivity contribution in [1.29, 1.82) is 0 Å². The Bertz CT molecular complexity index is 911. The van der Waals surface area contributed by atoms with Gasteiger partial charge in [-0.15, -0.1) is 0 Å². The number of nitrogens with one attached hydrogen (secondary N) is 2. The summed E-state index contributed by atoms with van der Waals surface area (Å²) in [6, 6.07) is 13.5. The van der Waals surface area contributed by atoms with Gasteiger partial charge in [0.25, 0.3) is 15.9 Å². The summed E-state index contributed by atoms with van der Waals surface area (Å²) in [4.78, 5) is 21.3. The lowest BCUT2D eigenvalue weighted by molar-refractivity contribution is 0.102. The third-order valence-corrected chi connectivity index (χ3v) is 6.54. The van der Waals surface area contributed by atoms with E-state index in [-0.39, 0.29) is 10.8 Å². The molecule has 2 N–H and O–H groups in total. The lowest BCUT2D eigenvalue weighted by Crippen LogP contribution is -2.31. The lowest BCUT2D eigenvalue weighted by Gasteiger charge is -2.26. The predicted molar refractivity (Wildman–Crippen MR) is 111 cm³/mol. The summed E-state index contributed by atoms with van der Waals surface area (Å²) in [5.74, 6) is 2.01. The Balaban J connectivity index is 1.65. The molecule has 7 nitrogen and oxygen atoms in total. The fourth-order valence-electron chi connectivity index (χ4n) is 2.91. The molecular weight excluding hydrogens is 398 g/mol. The molecule has 150 valence electrons. The maximum Gasteiger partial charge on any atom is 0.262 e. The minimum Gasteiger partial charge on any atom is -0.322 e. The van der Waals surface area contributed by atoms with Crippen molar-refractivity contribution in [1.82, 2.24) is 9.79 Å². The highest BCUT2D eigenvalue weighted by Gasteiger charge is 2.15. The molecule has 0 saturated carbocycles. The molecule has 3 rings (SSSR count). The number of anilines is 1. The Kier molecular flexibility index (Phi) is 7.08. The van der Waals surface area contributed by atoms with Crippen molar-refractivity contribution in [2.75, 3.05) is 37.0 Å². The van der Waals surface area contributed by atoms with Crippen LogP contribution in [0.15, 0.2) is 53.4 Å². The molecule has 1 heterocycles. The maximum absolute atomic E-state index is 12.5. The van der Waals surface area contributed by atoms with E-state index in [1.807, 2.05) is 34.8 Å². The van der Waals surface area contributed by atoms with E-state index < -0.39 is 10.0 Å². The van der Waals surface area contributed by atoms with Crippen LogP contribution in [0.5, 0.6) is 0 Å². The molecule has 0 unspecified atom stereocenters. The van der Waals surface area contributed by atoms with Crippen LogP contribution in [0.1, 0.15) is 15.9 Å². The molecule has 28 heavy (non-hydrogen) atoms. The van der Waals surface area contributed by atoms with Crippen molar-refractivity contribution in [2.24, 2.45) is 0 Å². The second-order valence-corrected chi connectivity index (χ2v) is 9.23. The van der Waals surface area contributed by atoms with Gasteiger partial charge in [-0.2, -0.15) is 11.8 Å². The van der Waals surface area contributed by atoms with Crippen LogP contribution in [0.25, 0.3) is 0 Å². The first-order valence-corrected chi connectivity index (χ1v) is 11.5. The van der Waals surface area contributed by atoms with Gasteiger partial charge in [0, 0.05) is 42.4 Å². The van der Waals surface area contributed by atoms with Crippen molar-refractivity contribution >= 4 is 33.4 Å². The molecule has 0 aliphatic carbocycles. The van der Waals surface area contributed by atoms with Gasteiger partial charge in [0.1, 0.15) is 0 Å². The zero-order chi connectivity index (χ0) is 20.0. The van der Waals surface area contributed by atoms with Crippen LogP contribution in [-0.2, 0) is 21.4 Å². The molecule has 2 aromatic rings. The van der Waals surface area contributed by atoms with E-state index in [9.17, 15) is 13.2 Å². The van der Waals surface area contributed by atoms with Crippen molar-refractivity contribution in [3.05, 3.63) is 59.7 Å². The van der Waals surface area contributed by atoms with Crippen LogP contribution in [0.3, 0.4) is 0 Å². The predicted octanol–water partition coefficient (Wildman–Crippen LogP) is 2.33. The van der Waals surface area contributed by atoms with Crippen LogP contribution in [0, 0.1) is 0 Å². The molecule has 1 amide bonds. The average Bonchev–Trinajstić information content (AvgIpc) is 2.69. The van der Waals surface area contributed by atoms with Crippen molar-refractivity contribution in [3.63, 3.8) is 0 Å². The first kappa shape index (κ1) is 20.8. The zero-order valence-electron chi connectivity index (χ0n) is 15.6. The summed E-state index contributed by atoms with van der Waals surface area (Å²) in [6.07, 6.45) is 0. The molecule has 0 radical (unpaired) electrons. The molecule has 2 aromatic carbocycles. The van der Waals surface area contributed by atoms with Gasteiger partial charge in [0.15, 0.2) is 0 Å². The molecule has 0 spiro atoms. The van der Waals surface area contributed by atoms with Gasteiger partial charge >= 0.3 is 0 Å². The van der Waals surface area contributed by atoms with E-state index in [1.54, 1.807) is 0 Å². The van der Waals surface area contributed by atoms with Crippen LogP contribution < -0.4 is 10.2 Å². The molecule has 1 aliphatic heterocycles. The van der Waals surface area contributed by atoms with Crippen molar-refractivity contribution < 1.29 is 18.0 Å². The molecule has 1 fully saturated rings. The number of hydrogen-bond donors (Lipinski definition) is 2. The average molecular weight is 422 g/mol. The monoisotopic (exact) mass is 421 g/mol. The fraction of sp³-hybridized carbons (Fsp3) is 0.316. The number of hydrogen-bond acceptors (Lipinski definition) is 6. The number of nitrogens with zero attached hydrogens (tertiary/aromatic N) is 1. The van der Waals surface area contributed by atoms with Crippen LogP contribution in [0.2, 0.25) is 0 Å². The highest BCUT2D eigenvalue weighted by Crippen LogP contribution is 2.17. The second kappa shape index (κ2) is 9.53. The Morgan fingerprint density at radius 1 is 1.14 bits per heavy atom. The maximum atomic E-state index is 12.5. The summed E-state index contributed by atoms with van der Waals surface area (Å²) >= 11 is 1.98. The summed E-state index contributed by atoms with van der Waals surface area (Å²) in [5.41, 5.74) is 2.23. The first-order valence-electron chi connectivity index (χ1n) is 8.83. The van der Waals surface area contributed by atoms with Crippen LogP contribution in [0.4, 0.5) is 5.69 Å². The second-order valence-electron chi connectivity index (χ2n) is 6.36. The van der Waals surface area contributed by atoms with E-state index in [2.05, 4.69) is 21.1 Å². The molecule has 9 heteroatoms. The molecule has 0 atom stereocenters. The highest BCUT2D eigenvalue weighted by molar-refractivity contribution is 7.99. The third kappa shape index (κ3) is 5.55. The summed E-state index contributed by atoms with van der Waals surface area (Å²) in [6.45, 7) is 3.02. The van der Waals surface area contributed by atoms with E-state index in [0.29, 0.717) is 11.3 Å². The van der Waals surface area contributed by atoms with Crippen LogP contribution >= 0.6 is 11.8 Å². The summed E-state index contributed by atoms with van der Waals surface area (Å²) in [7, 11) is -2.52. The van der Waals surface area contributed by atoms with Gasteiger partial charge in [-0.3, -0.25) is 14.5 Å². The van der Waals surface area contributed by atoms with Gasteiger partial charge in [-0.1, -0.05) is 17.0 Å². The Labute approximate surface area is 169 Å². The number of amides is 1. The number of benzene rings is 2. The van der Waals surface area contributed by atoms with Gasteiger partial charge < -0.3 is 5.32 Å². The fourth-order valence-corrected chi connectivity index (χ4v) is 4.70. The number of thioether (sulfide) groups is 1. The van der Waals surface area contributed by atoms with Gasteiger partial charge in [-0.25, -0.2) is 8.42 Å². The van der Waals surface area contributed by atoms with Crippen molar-refractivity contribution in [2.45, 2.75) is 11.4 Å². The smallest absolute Gasteiger partial charge is 0.262 e. The summed E-state index contributed by atoms with van der Waals surface area (Å²) < 4.78 is 23.7. The van der Waals surface area contributed by atoms with Gasteiger partial charge in [-0.05, 0) is 42.0 Å². The van der Waals surface area contributed by atoms with E-state index >= 15 is 0 Å². The van der Waals surface area contributed by atoms with Crippen LogP contribution in [-0.4, -0.2) is 50.9 Å². The molecule has 1 saturated heterocycles. The van der Waals surface area contributed by atoms with E-state index in [4.69, 9.17) is 0 Å². The molecular formula is C19H23N3O4S2. The summed E-state index contributed by atoms with van der Waals surface area (Å²) in [5, 5.41) is 2.87. The first-order chi connectivity index (χ1) is 13.5. The highest BCUT2D eigenvalue weighted by atomic mass is 32.2. The minimum atomic E-state index is -3.74. The molecule has 0 aromatic heterocycles. The zero-order valence-corrected chi connectivity index (χ0v) is 17.2. The largest absolute Gasteiger partial charge is 0.322 e. The number of sulfonamides is 1. The van der Waals surface area contributed by atoms with E-state index in [1.165, 1.54) is 31.4 Å². The SMILES string of the molecule is CONS(=O)(=O)c1ccc(C(=O)Nc2cccc(CN3CCSCC3)c2)cc1. The lowest BCUT2D eigenvalue weighted by atomic mass is 10.1. The number of rotatable bonds is 7. The Morgan fingerprint density at radius 2 is 1.86 bits per heavy atom. The topological polar surface area (TPSA) is 87.7 Å². The Hall–Kier alpha value is -1.91. The van der Waals surface area contributed by atoms with E-state index in [0.717, 1.165) is 36.7 Å². The quantitative estimate of drug-likeness (QED) is 0.667. The molecule has 1 aliphatic rings. The molecule has 0 bridgehead atoms. The van der Waals surface area contributed by atoms with Gasteiger partial charge in [0.05, 0.1) is 12.0 Å². The standard InChI is InChI=1S/C19H23N3O4S2/c1-26-21-28(24,25)18-7-5-16(6-8-18)19(23)20-17-4-2-3-15(13-17)14-22-9-11-27-12-10-22/h2-8,13,21H,9-12,14H2,1H3,(H,20,23).